The fourth-order valence-corrected chi connectivity index (χ4v) is 2.88. The van der Waals surface area contributed by atoms with Crippen molar-refractivity contribution >= 4 is 17.3 Å². The van der Waals surface area contributed by atoms with Gasteiger partial charge in [-0.3, -0.25) is 19.6 Å². The molecule has 0 atom stereocenters. The summed E-state index contributed by atoms with van der Waals surface area (Å²) in [7, 11) is 1.57. The van der Waals surface area contributed by atoms with Crippen LogP contribution in [0.1, 0.15) is 11.4 Å². The van der Waals surface area contributed by atoms with E-state index in [1.807, 2.05) is 12.1 Å². The van der Waals surface area contributed by atoms with Gasteiger partial charge in [0.05, 0.1) is 12.0 Å². The van der Waals surface area contributed by atoms with Crippen LogP contribution in [0, 0.1) is 24.0 Å². The average Bonchev–Trinajstić information content (AvgIpc) is 2.97. The van der Waals surface area contributed by atoms with E-state index >= 15 is 0 Å². The van der Waals surface area contributed by atoms with E-state index < -0.39 is 4.92 Å². The molecule has 0 aliphatic heterocycles. The summed E-state index contributed by atoms with van der Waals surface area (Å²) >= 11 is 0. The molecule has 3 rings (SSSR count). The number of aryl methyl sites for hydroxylation is 1. The molecule has 0 fully saturated rings. The first-order valence-corrected chi connectivity index (χ1v) is 8.78. The summed E-state index contributed by atoms with van der Waals surface area (Å²) in [6, 6.07) is 14.1. The number of para-hydroxylation sites is 2. The molecule has 9 heteroatoms. The number of carbonyl (C=O) groups is 1. The summed E-state index contributed by atoms with van der Waals surface area (Å²) < 4.78 is 12.4. The van der Waals surface area contributed by atoms with Crippen molar-refractivity contribution in [2.75, 3.05) is 12.4 Å². The van der Waals surface area contributed by atoms with Crippen LogP contribution in [0.5, 0.6) is 17.2 Å². The second-order valence-electron chi connectivity index (χ2n) is 6.26. The van der Waals surface area contributed by atoms with Crippen molar-refractivity contribution in [3.63, 3.8) is 0 Å². The van der Waals surface area contributed by atoms with Crippen LogP contribution in [0.2, 0.25) is 0 Å². The summed E-state index contributed by atoms with van der Waals surface area (Å²) in [6.07, 6.45) is 0. The molecule has 1 amide bonds. The summed E-state index contributed by atoms with van der Waals surface area (Å²) in [6.45, 7) is 2.98. The number of anilines is 1. The van der Waals surface area contributed by atoms with Crippen LogP contribution in [0.3, 0.4) is 0 Å². The minimum Gasteiger partial charge on any atom is -0.493 e. The zero-order valence-corrected chi connectivity index (χ0v) is 16.2. The van der Waals surface area contributed by atoms with Gasteiger partial charge in [0.2, 0.25) is 5.91 Å². The Kier molecular flexibility index (Phi) is 5.77. The Morgan fingerprint density at radius 3 is 2.38 bits per heavy atom. The summed E-state index contributed by atoms with van der Waals surface area (Å²) in [5.74, 6) is 1.44. The van der Waals surface area contributed by atoms with Gasteiger partial charge in [-0.05, 0) is 50.2 Å². The second-order valence-corrected chi connectivity index (χ2v) is 6.26. The highest BCUT2D eigenvalue weighted by Crippen LogP contribution is 2.31. The fourth-order valence-electron chi connectivity index (χ4n) is 2.88. The van der Waals surface area contributed by atoms with E-state index in [4.69, 9.17) is 9.47 Å². The van der Waals surface area contributed by atoms with Crippen molar-refractivity contribution in [2.24, 2.45) is 0 Å². The molecule has 150 valence electrons. The van der Waals surface area contributed by atoms with Gasteiger partial charge in [-0.2, -0.15) is 5.10 Å². The molecule has 0 aliphatic rings. The molecular weight excluding hydrogens is 376 g/mol. The number of rotatable bonds is 7. The molecule has 1 N–H and O–H groups in total. The highest BCUT2D eigenvalue weighted by molar-refractivity contribution is 5.90. The number of methoxy groups -OCH3 is 1. The van der Waals surface area contributed by atoms with Gasteiger partial charge in [0.15, 0.2) is 11.5 Å². The maximum absolute atomic E-state index is 12.3. The zero-order chi connectivity index (χ0) is 21.0. The van der Waals surface area contributed by atoms with Gasteiger partial charge in [0, 0.05) is 5.69 Å². The molecule has 3 aromatic rings. The van der Waals surface area contributed by atoms with Gasteiger partial charge < -0.3 is 14.8 Å². The molecule has 0 spiro atoms. The van der Waals surface area contributed by atoms with Gasteiger partial charge in [-0.15, -0.1) is 0 Å². The fraction of sp³-hybridized carbons (Fsp3) is 0.200. The highest BCUT2D eigenvalue weighted by atomic mass is 16.6. The maximum Gasteiger partial charge on any atom is 0.312 e. The molecule has 0 unspecified atom stereocenters. The van der Waals surface area contributed by atoms with Crippen LogP contribution < -0.4 is 14.8 Å². The number of hydrogen-bond acceptors (Lipinski definition) is 6. The number of hydrogen-bond donors (Lipinski definition) is 1. The number of ether oxygens (including phenoxy) is 2. The van der Waals surface area contributed by atoms with E-state index in [2.05, 4.69) is 10.4 Å². The maximum atomic E-state index is 12.3. The third-order valence-electron chi connectivity index (χ3n) is 4.25. The monoisotopic (exact) mass is 396 g/mol. The normalized spacial score (nSPS) is 10.4. The molecule has 0 bridgehead atoms. The highest BCUT2D eigenvalue weighted by Gasteiger charge is 2.22. The lowest BCUT2D eigenvalue weighted by molar-refractivity contribution is -0.386. The van der Waals surface area contributed by atoms with Crippen LogP contribution in [0.25, 0.3) is 0 Å². The van der Waals surface area contributed by atoms with E-state index in [1.165, 1.54) is 4.68 Å². The SMILES string of the molecule is COc1ccccc1Oc1ccc(NC(=O)Cn2nc(C)c([N+](=O)[O-])c2C)cc1. The molecule has 0 saturated carbocycles. The molecule has 1 aromatic heterocycles. The summed E-state index contributed by atoms with van der Waals surface area (Å²) in [4.78, 5) is 22.9. The number of benzene rings is 2. The third-order valence-corrected chi connectivity index (χ3v) is 4.25. The van der Waals surface area contributed by atoms with E-state index in [-0.39, 0.29) is 23.8 Å². The molecule has 29 heavy (non-hydrogen) atoms. The Bertz CT molecular complexity index is 1040. The number of nitrogens with one attached hydrogen (secondary N) is 1. The predicted molar refractivity (Wildman–Crippen MR) is 106 cm³/mol. The van der Waals surface area contributed by atoms with Crippen molar-refractivity contribution in [2.45, 2.75) is 20.4 Å². The third kappa shape index (κ3) is 4.52. The quantitative estimate of drug-likeness (QED) is 0.480. The van der Waals surface area contributed by atoms with Crippen LogP contribution in [0.4, 0.5) is 11.4 Å². The van der Waals surface area contributed by atoms with Crippen molar-refractivity contribution in [3.05, 3.63) is 70.0 Å². The summed E-state index contributed by atoms with van der Waals surface area (Å²) in [5, 5.41) is 17.9. The first-order chi connectivity index (χ1) is 13.9. The standard InChI is InChI=1S/C20H20N4O5/c1-13-20(24(26)27)14(2)23(22-13)12-19(25)21-15-8-10-16(11-9-15)29-18-7-5-4-6-17(18)28-3/h4-11H,12H2,1-3H3,(H,21,25). The number of nitro groups is 1. The second kappa shape index (κ2) is 8.42. The number of nitrogens with zero attached hydrogens (tertiary/aromatic N) is 3. The van der Waals surface area contributed by atoms with Crippen molar-refractivity contribution in [3.8, 4) is 17.2 Å². The number of carbonyl (C=O) groups excluding carboxylic acids is 1. The lowest BCUT2D eigenvalue weighted by Gasteiger charge is -2.11. The number of amides is 1. The van der Waals surface area contributed by atoms with Crippen LogP contribution in [0.15, 0.2) is 48.5 Å². The zero-order valence-electron chi connectivity index (χ0n) is 16.2. The molecule has 2 aromatic carbocycles. The largest absolute Gasteiger partial charge is 0.493 e. The minimum absolute atomic E-state index is 0.0735. The Balaban J connectivity index is 1.65. The van der Waals surface area contributed by atoms with Crippen molar-refractivity contribution in [1.29, 1.82) is 0 Å². The predicted octanol–water partition coefficient (Wildman–Crippen LogP) is 3.85. The van der Waals surface area contributed by atoms with Crippen molar-refractivity contribution < 1.29 is 19.2 Å². The van der Waals surface area contributed by atoms with E-state index in [0.717, 1.165) is 0 Å². The molecule has 0 radical (unpaired) electrons. The summed E-state index contributed by atoms with van der Waals surface area (Å²) in [5.41, 5.74) is 1.11. The molecular formula is C20H20N4O5. The van der Waals surface area contributed by atoms with E-state index in [0.29, 0.717) is 28.6 Å². The average molecular weight is 396 g/mol. The first kappa shape index (κ1) is 19.9. The lowest BCUT2D eigenvalue weighted by atomic mass is 10.3. The van der Waals surface area contributed by atoms with Gasteiger partial charge >= 0.3 is 5.69 Å². The van der Waals surface area contributed by atoms with Gasteiger partial charge in [0.25, 0.3) is 0 Å². The first-order valence-electron chi connectivity index (χ1n) is 8.78. The van der Waals surface area contributed by atoms with Crippen LogP contribution in [-0.2, 0) is 11.3 Å². The van der Waals surface area contributed by atoms with Gasteiger partial charge in [-0.25, -0.2) is 0 Å². The Morgan fingerprint density at radius 1 is 1.14 bits per heavy atom. The molecule has 0 aliphatic carbocycles. The molecule has 0 saturated heterocycles. The minimum atomic E-state index is -0.494. The number of aromatic nitrogens is 2. The smallest absolute Gasteiger partial charge is 0.312 e. The van der Waals surface area contributed by atoms with Gasteiger partial charge in [-0.1, -0.05) is 12.1 Å². The van der Waals surface area contributed by atoms with Crippen molar-refractivity contribution in [1.82, 2.24) is 9.78 Å². The topological polar surface area (TPSA) is 109 Å². The molecule has 9 nitrogen and oxygen atoms in total. The van der Waals surface area contributed by atoms with E-state index in [1.54, 1.807) is 57.4 Å². The Morgan fingerprint density at radius 2 is 1.79 bits per heavy atom. The Hall–Kier alpha value is -3.88. The Labute approximate surface area is 167 Å². The van der Waals surface area contributed by atoms with Crippen LogP contribution >= 0.6 is 0 Å². The lowest BCUT2D eigenvalue weighted by Crippen LogP contribution is -2.20. The molecule has 1 heterocycles. The van der Waals surface area contributed by atoms with E-state index in [9.17, 15) is 14.9 Å². The van der Waals surface area contributed by atoms with Gasteiger partial charge in [0.1, 0.15) is 23.7 Å². The van der Waals surface area contributed by atoms with Crippen LogP contribution in [-0.4, -0.2) is 27.7 Å².